The molecule has 0 N–H and O–H groups in total. The van der Waals surface area contributed by atoms with Gasteiger partial charge >= 0.3 is 0 Å². The van der Waals surface area contributed by atoms with E-state index in [4.69, 9.17) is 0 Å². The van der Waals surface area contributed by atoms with E-state index in [1.165, 1.54) is 37.3 Å². The summed E-state index contributed by atoms with van der Waals surface area (Å²) in [6.07, 6.45) is 6.77. The molecule has 0 radical (unpaired) electrons. The van der Waals surface area contributed by atoms with Gasteiger partial charge < -0.3 is 0 Å². The summed E-state index contributed by atoms with van der Waals surface area (Å²) in [5, 5.41) is 0. The van der Waals surface area contributed by atoms with Gasteiger partial charge in [-0.25, -0.2) is 4.98 Å². The molecule has 1 nitrogen and oxygen atoms in total. The second-order valence-electron chi connectivity index (χ2n) is 3.40. The molecule has 0 aliphatic heterocycles. The molecule has 2 heteroatoms. The van der Waals surface area contributed by atoms with Crippen molar-refractivity contribution in [3.8, 4) is 0 Å². The molecule has 12 heavy (non-hydrogen) atoms. The maximum absolute atomic E-state index is 12.5. The Morgan fingerprint density at radius 1 is 1.25 bits per heavy atom. The lowest BCUT2D eigenvalue weighted by Gasteiger charge is -2.07. The minimum atomic E-state index is -0.378. The first kappa shape index (κ1) is 7.71. The van der Waals surface area contributed by atoms with Crippen molar-refractivity contribution in [3.05, 3.63) is 29.8 Å². The molecule has 1 aromatic rings. The van der Waals surface area contributed by atoms with Crippen molar-refractivity contribution in [1.29, 1.82) is 0 Å². The van der Waals surface area contributed by atoms with E-state index in [0.29, 0.717) is 5.92 Å². The number of pyridine rings is 1. The highest BCUT2D eigenvalue weighted by molar-refractivity contribution is 5.15. The summed E-state index contributed by atoms with van der Waals surface area (Å²) in [6.45, 7) is 0. The Morgan fingerprint density at radius 3 is 2.58 bits per heavy atom. The Morgan fingerprint density at radius 2 is 2.00 bits per heavy atom. The molecule has 1 aliphatic rings. The lowest BCUT2D eigenvalue weighted by molar-refractivity contribution is 0.579. The molecule has 0 saturated heterocycles. The number of aromatic nitrogens is 1. The van der Waals surface area contributed by atoms with E-state index in [9.17, 15) is 4.39 Å². The van der Waals surface area contributed by atoms with E-state index in [-0.39, 0.29) is 5.95 Å². The number of hydrogen-bond acceptors (Lipinski definition) is 1. The highest BCUT2D eigenvalue weighted by Crippen LogP contribution is 2.33. The van der Waals surface area contributed by atoms with Crippen LogP contribution < -0.4 is 0 Å². The summed E-state index contributed by atoms with van der Waals surface area (Å²) in [5.41, 5.74) is 1.20. The van der Waals surface area contributed by atoms with E-state index >= 15 is 0 Å². The summed E-state index contributed by atoms with van der Waals surface area (Å²) in [6, 6.07) is 3.31. The predicted octanol–water partition coefficient (Wildman–Crippen LogP) is 2.88. The van der Waals surface area contributed by atoms with Crippen LogP contribution in [-0.4, -0.2) is 4.98 Å². The van der Waals surface area contributed by atoms with Gasteiger partial charge in [-0.2, -0.15) is 4.39 Å². The summed E-state index contributed by atoms with van der Waals surface area (Å²) in [5.74, 6) is 0.259. The molecule has 1 saturated carbocycles. The van der Waals surface area contributed by atoms with E-state index in [1.807, 2.05) is 6.07 Å². The van der Waals surface area contributed by atoms with Gasteiger partial charge in [-0.1, -0.05) is 18.9 Å². The summed E-state index contributed by atoms with van der Waals surface area (Å²) in [7, 11) is 0. The van der Waals surface area contributed by atoms with Crippen molar-refractivity contribution < 1.29 is 4.39 Å². The van der Waals surface area contributed by atoms with Gasteiger partial charge in [0, 0.05) is 6.20 Å². The van der Waals surface area contributed by atoms with Gasteiger partial charge in [-0.3, -0.25) is 0 Å². The van der Waals surface area contributed by atoms with Crippen LogP contribution in [0.4, 0.5) is 4.39 Å². The molecule has 64 valence electrons. The number of rotatable bonds is 1. The molecule has 1 aromatic heterocycles. The normalized spacial score (nSPS) is 18.4. The zero-order chi connectivity index (χ0) is 8.39. The molecule has 2 rings (SSSR count). The lowest BCUT2D eigenvalue weighted by atomic mass is 10.00. The lowest BCUT2D eigenvalue weighted by Crippen LogP contribution is -1.93. The smallest absolute Gasteiger partial charge is 0.212 e. The third-order valence-corrected chi connectivity index (χ3v) is 2.58. The van der Waals surface area contributed by atoms with Crippen LogP contribution in [0.5, 0.6) is 0 Å². The average molecular weight is 165 g/mol. The fourth-order valence-corrected chi connectivity index (χ4v) is 1.89. The Labute approximate surface area is 71.6 Å². The van der Waals surface area contributed by atoms with Crippen molar-refractivity contribution >= 4 is 0 Å². The zero-order valence-electron chi connectivity index (χ0n) is 6.96. The molecule has 0 amide bonds. The van der Waals surface area contributed by atoms with Gasteiger partial charge in [0.2, 0.25) is 5.95 Å². The van der Waals surface area contributed by atoms with Crippen LogP contribution in [0, 0.1) is 5.95 Å². The van der Waals surface area contributed by atoms with E-state index in [0.717, 1.165) is 0 Å². The van der Waals surface area contributed by atoms with Crippen molar-refractivity contribution in [2.45, 2.75) is 31.6 Å². The van der Waals surface area contributed by atoms with Crippen LogP contribution in [0.25, 0.3) is 0 Å². The van der Waals surface area contributed by atoms with E-state index < -0.39 is 0 Å². The van der Waals surface area contributed by atoms with Crippen molar-refractivity contribution in [3.63, 3.8) is 0 Å². The molecule has 1 heterocycles. The highest BCUT2D eigenvalue weighted by atomic mass is 19.1. The molecule has 0 unspecified atom stereocenters. The average Bonchev–Trinajstić information content (AvgIpc) is 2.58. The van der Waals surface area contributed by atoms with Gasteiger partial charge in [0.15, 0.2) is 0 Å². The zero-order valence-corrected chi connectivity index (χ0v) is 6.96. The Bertz CT molecular complexity index is 249. The van der Waals surface area contributed by atoms with Gasteiger partial charge in [-0.05, 0) is 30.4 Å². The molecule has 0 aromatic carbocycles. The number of halogens is 1. The number of nitrogens with zero attached hydrogens (tertiary/aromatic N) is 1. The van der Waals surface area contributed by atoms with Crippen LogP contribution in [0.3, 0.4) is 0 Å². The maximum atomic E-state index is 12.5. The third-order valence-electron chi connectivity index (χ3n) is 2.58. The quantitative estimate of drug-likeness (QED) is 0.583. The monoisotopic (exact) mass is 165 g/mol. The Kier molecular flexibility index (Phi) is 2.07. The Balaban J connectivity index is 2.17. The van der Waals surface area contributed by atoms with Crippen LogP contribution >= 0.6 is 0 Å². The van der Waals surface area contributed by atoms with Crippen molar-refractivity contribution in [2.24, 2.45) is 0 Å². The summed E-state index contributed by atoms with van der Waals surface area (Å²) < 4.78 is 12.5. The van der Waals surface area contributed by atoms with Gasteiger partial charge in [-0.15, -0.1) is 0 Å². The molecular formula is C10H12FN. The van der Waals surface area contributed by atoms with Crippen LogP contribution in [0.2, 0.25) is 0 Å². The van der Waals surface area contributed by atoms with Crippen LogP contribution in [-0.2, 0) is 0 Å². The highest BCUT2D eigenvalue weighted by Gasteiger charge is 2.16. The minimum Gasteiger partial charge on any atom is -0.228 e. The van der Waals surface area contributed by atoms with E-state index in [1.54, 1.807) is 6.20 Å². The molecule has 1 fully saturated rings. The fourth-order valence-electron chi connectivity index (χ4n) is 1.89. The third kappa shape index (κ3) is 1.47. The fraction of sp³-hybridized carbons (Fsp3) is 0.500. The maximum Gasteiger partial charge on any atom is 0.212 e. The van der Waals surface area contributed by atoms with Gasteiger partial charge in [0.1, 0.15) is 0 Å². The van der Waals surface area contributed by atoms with Crippen LogP contribution in [0.1, 0.15) is 37.2 Å². The SMILES string of the molecule is Fc1ccc(C2CCCC2)cn1. The van der Waals surface area contributed by atoms with Gasteiger partial charge in [0.05, 0.1) is 0 Å². The number of hydrogen-bond donors (Lipinski definition) is 0. The van der Waals surface area contributed by atoms with Crippen molar-refractivity contribution in [2.75, 3.05) is 0 Å². The molecule has 0 spiro atoms. The standard InChI is InChI=1S/C10H12FN/c11-10-6-5-9(7-12-10)8-3-1-2-4-8/h5-8H,1-4H2. The summed E-state index contributed by atoms with van der Waals surface area (Å²) in [4.78, 5) is 3.66. The minimum absolute atomic E-state index is 0.378. The Hall–Kier alpha value is -0.920. The van der Waals surface area contributed by atoms with Crippen LogP contribution in [0.15, 0.2) is 18.3 Å². The molecule has 0 bridgehead atoms. The second kappa shape index (κ2) is 3.21. The molecule has 1 aliphatic carbocycles. The van der Waals surface area contributed by atoms with E-state index in [2.05, 4.69) is 4.98 Å². The predicted molar refractivity (Wildman–Crippen MR) is 45.4 cm³/mol. The first-order chi connectivity index (χ1) is 5.86. The second-order valence-corrected chi connectivity index (χ2v) is 3.40. The first-order valence-electron chi connectivity index (χ1n) is 4.48. The molecule has 0 atom stereocenters. The largest absolute Gasteiger partial charge is 0.228 e. The first-order valence-corrected chi connectivity index (χ1v) is 4.48. The van der Waals surface area contributed by atoms with Gasteiger partial charge in [0.25, 0.3) is 0 Å². The van der Waals surface area contributed by atoms with Crippen molar-refractivity contribution in [1.82, 2.24) is 4.98 Å². The molecular weight excluding hydrogens is 153 g/mol. The topological polar surface area (TPSA) is 12.9 Å². The summed E-state index contributed by atoms with van der Waals surface area (Å²) >= 11 is 0.